The fourth-order valence-electron chi connectivity index (χ4n) is 2.02. The van der Waals surface area contributed by atoms with Crippen LogP contribution in [0.25, 0.3) is 0 Å². The van der Waals surface area contributed by atoms with Crippen LogP contribution in [-0.4, -0.2) is 40.8 Å². The molecule has 1 unspecified atom stereocenters. The Morgan fingerprint density at radius 3 is 2.81 bits per heavy atom. The van der Waals surface area contributed by atoms with Gasteiger partial charge in [-0.2, -0.15) is 0 Å². The Bertz CT molecular complexity index is 622. The minimum absolute atomic E-state index is 0.0113. The maximum absolute atomic E-state index is 12.1. The maximum Gasteiger partial charge on any atom is 0.342 e. The summed E-state index contributed by atoms with van der Waals surface area (Å²) in [7, 11) is 2.72. The van der Waals surface area contributed by atoms with Gasteiger partial charge < -0.3 is 14.2 Å². The molecular formula is C13H15ClO6S. The summed E-state index contributed by atoms with van der Waals surface area (Å²) < 4.78 is 38.2. The number of ether oxygens (including phenoxy) is 3. The largest absolute Gasteiger partial charge is 0.496 e. The van der Waals surface area contributed by atoms with Crippen molar-refractivity contribution in [3.8, 4) is 5.75 Å². The topological polar surface area (TPSA) is 78.9 Å². The van der Waals surface area contributed by atoms with Crippen molar-refractivity contribution in [3.05, 3.63) is 23.8 Å². The predicted molar refractivity (Wildman–Crippen MR) is 75.3 cm³/mol. The van der Waals surface area contributed by atoms with Gasteiger partial charge in [0.2, 0.25) is 0 Å². The van der Waals surface area contributed by atoms with E-state index in [1.54, 1.807) is 0 Å². The first kappa shape index (κ1) is 16.1. The van der Waals surface area contributed by atoms with Crippen LogP contribution in [0.4, 0.5) is 0 Å². The van der Waals surface area contributed by atoms with Gasteiger partial charge in [0.05, 0.1) is 18.1 Å². The molecule has 0 aromatic heterocycles. The van der Waals surface area contributed by atoms with Crippen LogP contribution in [0.5, 0.6) is 5.75 Å². The molecule has 116 valence electrons. The van der Waals surface area contributed by atoms with E-state index in [4.69, 9.17) is 24.9 Å². The van der Waals surface area contributed by atoms with Crippen molar-refractivity contribution in [2.24, 2.45) is 0 Å². The normalized spacial score (nSPS) is 18.5. The molecular weight excluding hydrogens is 320 g/mol. The zero-order valence-corrected chi connectivity index (χ0v) is 12.9. The minimum Gasteiger partial charge on any atom is -0.496 e. The average Bonchev–Trinajstić information content (AvgIpc) is 2.96. The molecule has 1 aliphatic heterocycles. The molecule has 0 N–H and O–H groups in total. The third-order valence-electron chi connectivity index (χ3n) is 3.10. The first-order valence-corrected chi connectivity index (χ1v) is 8.64. The van der Waals surface area contributed by atoms with Gasteiger partial charge in [0.1, 0.15) is 17.9 Å². The van der Waals surface area contributed by atoms with Crippen molar-refractivity contribution >= 4 is 25.7 Å². The lowest BCUT2D eigenvalue weighted by atomic mass is 10.2. The van der Waals surface area contributed by atoms with E-state index in [2.05, 4.69) is 0 Å². The van der Waals surface area contributed by atoms with Crippen LogP contribution >= 0.6 is 10.7 Å². The molecule has 21 heavy (non-hydrogen) atoms. The second kappa shape index (κ2) is 6.64. The number of methoxy groups -OCH3 is 1. The highest BCUT2D eigenvalue weighted by Gasteiger charge is 2.22. The lowest BCUT2D eigenvalue weighted by molar-refractivity contribution is 0.0158. The second-order valence-corrected chi connectivity index (χ2v) is 7.10. The first-order valence-electron chi connectivity index (χ1n) is 6.33. The lowest BCUT2D eigenvalue weighted by Crippen LogP contribution is -2.18. The SMILES string of the molecule is COc1ccc(S(=O)(=O)Cl)cc1C(=O)OCC1CCCO1. The molecule has 0 bridgehead atoms. The summed E-state index contributed by atoms with van der Waals surface area (Å²) in [5.41, 5.74) is 0.0113. The van der Waals surface area contributed by atoms with E-state index >= 15 is 0 Å². The number of rotatable bonds is 5. The number of carbonyl (C=O) groups is 1. The zero-order valence-electron chi connectivity index (χ0n) is 11.4. The number of carbonyl (C=O) groups excluding carboxylic acids is 1. The molecule has 0 amide bonds. The number of halogens is 1. The second-order valence-electron chi connectivity index (χ2n) is 4.53. The van der Waals surface area contributed by atoms with E-state index in [1.807, 2.05) is 0 Å². The minimum atomic E-state index is -3.93. The molecule has 1 aromatic rings. The molecule has 0 spiro atoms. The maximum atomic E-state index is 12.1. The quantitative estimate of drug-likeness (QED) is 0.605. The molecule has 2 rings (SSSR count). The number of esters is 1. The lowest BCUT2D eigenvalue weighted by Gasteiger charge is -2.12. The Hall–Kier alpha value is -1.31. The van der Waals surface area contributed by atoms with Gasteiger partial charge in [-0.3, -0.25) is 0 Å². The first-order chi connectivity index (χ1) is 9.91. The highest BCUT2D eigenvalue weighted by Crippen LogP contribution is 2.25. The van der Waals surface area contributed by atoms with Crippen molar-refractivity contribution in [2.45, 2.75) is 23.8 Å². The summed E-state index contributed by atoms with van der Waals surface area (Å²) in [6.45, 7) is 0.783. The van der Waals surface area contributed by atoms with E-state index in [9.17, 15) is 13.2 Å². The van der Waals surface area contributed by atoms with Gasteiger partial charge in [0.15, 0.2) is 0 Å². The summed E-state index contributed by atoms with van der Waals surface area (Å²) in [4.78, 5) is 11.9. The standard InChI is InChI=1S/C13H15ClO6S/c1-18-12-5-4-10(21(14,16)17)7-11(12)13(15)20-8-9-3-2-6-19-9/h4-5,7,9H,2-3,6,8H2,1H3. The Balaban J connectivity index is 2.17. The molecule has 1 atom stereocenters. The molecule has 6 nitrogen and oxygen atoms in total. The van der Waals surface area contributed by atoms with E-state index in [-0.39, 0.29) is 28.9 Å². The molecule has 0 aliphatic carbocycles. The van der Waals surface area contributed by atoms with Crippen LogP contribution in [0.15, 0.2) is 23.1 Å². The monoisotopic (exact) mass is 334 g/mol. The summed E-state index contributed by atoms with van der Waals surface area (Å²) >= 11 is 0. The Morgan fingerprint density at radius 1 is 1.48 bits per heavy atom. The van der Waals surface area contributed by atoms with E-state index in [0.717, 1.165) is 18.9 Å². The van der Waals surface area contributed by atoms with E-state index in [1.165, 1.54) is 19.2 Å². The summed E-state index contributed by atoms with van der Waals surface area (Å²) in [5, 5.41) is 0. The molecule has 8 heteroatoms. The molecule has 1 fully saturated rings. The Kier molecular flexibility index (Phi) is 5.08. The van der Waals surface area contributed by atoms with Gasteiger partial charge in [-0.25, -0.2) is 13.2 Å². The van der Waals surface area contributed by atoms with Crippen LogP contribution in [0, 0.1) is 0 Å². The number of benzene rings is 1. The zero-order chi connectivity index (χ0) is 15.5. The van der Waals surface area contributed by atoms with Crippen LogP contribution in [0.2, 0.25) is 0 Å². The Morgan fingerprint density at radius 2 is 2.24 bits per heavy atom. The molecule has 1 aromatic carbocycles. The number of hydrogen-bond acceptors (Lipinski definition) is 6. The van der Waals surface area contributed by atoms with Crippen molar-refractivity contribution < 1.29 is 27.4 Å². The van der Waals surface area contributed by atoms with Gasteiger partial charge in [-0.15, -0.1) is 0 Å². The fourth-order valence-corrected chi connectivity index (χ4v) is 2.80. The van der Waals surface area contributed by atoms with E-state index < -0.39 is 15.0 Å². The van der Waals surface area contributed by atoms with Crippen LogP contribution < -0.4 is 4.74 Å². The van der Waals surface area contributed by atoms with Gasteiger partial charge in [-0.05, 0) is 31.0 Å². The van der Waals surface area contributed by atoms with Crippen molar-refractivity contribution in [1.29, 1.82) is 0 Å². The number of hydrogen-bond donors (Lipinski definition) is 0. The Labute approximate surface area is 127 Å². The van der Waals surface area contributed by atoms with Crippen LogP contribution in [0.3, 0.4) is 0 Å². The van der Waals surface area contributed by atoms with Gasteiger partial charge in [0.25, 0.3) is 9.05 Å². The van der Waals surface area contributed by atoms with E-state index in [0.29, 0.717) is 6.61 Å². The van der Waals surface area contributed by atoms with Crippen LogP contribution in [-0.2, 0) is 18.5 Å². The van der Waals surface area contributed by atoms with Gasteiger partial charge in [0, 0.05) is 17.3 Å². The smallest absolute Gasteiger partial charge is 0.342 e. The van der Waals surface area contributed by atoms with Crippen LogP contribution in [0.1, 0.15) is 23.2 Å². The van der Waals surface area contributed by atoms with Gasteiger partial charge in [-0.1, -0.05) is 0 Å². The van der Waals surface area contributed by atoms with Crippen molar-refractivity contribution in [2.75, 3.05) is 20.3 Å². The third-order valence-corrected chi connectivity index (χ3v) is 4.45. The summed E-state index contributed by atoms with van der Waals surface area (Å²) in [6, 6.07) is 3.76. The predicted octanol–water partition coefficient (Wildman–Crippen LogP) is 1.96. The van der Waals surface area contributed by atoms with Gasteiger partial charge >= 0.3 is 5.97 Å². The molecule has 1 aliphatic rings. The highest BCUT2D eigenvalue weighted by atomic mass is 35.7. The molecule has 0 saturated carbocycles. The highest BCUT2D eigenvalue weighted by molar-refractivity contribution is 8.13. The average molecular weight is 335 g/mol. The fraction of sp³-hybridized carbons (Fsp3) is 0.462. The van der Waals surface area contributed by atoms with Crippen molar-refractivity contribution in [3.63, 3.8) is 0 Å². The molecule has 1 saturated heterocycles. The third kappa shape index (κ3) is 4.09. The molecule has 1 heterocycles. The summed E-state index contributed by atoms with van der Waals surface area (Å²) in [6.07, 6.45) is 1.66. The van der Waals surface area contributed by atoms with Crippen molar-refractivity contribution in [1.82, 2.24) is 0 Å². The summed E-state index contributed by atoms with van der Waals surface area (Å²) in [5.74, 6) is -0.457. The molecule has 0 radical (unpaired) electrons.